The highest BCUT2D eigenvalue weighted by Gasteiger charge is 2.17. The van der Waals surface area contributed by atoms with Crippen molar-refractivity contribution in [1.82, 2.24) is 14.5 Å². The van der Waals surface area contributed by atoms with E-state index >= 15 is 0 Å². The number of halogens is 1. The van der Waals surface area contributed by atoms with Crippen LogP contribution in [0.2, 0.25) is 0 Å². The van der Waals surface area contributed by atoms with E-state index in [1.54, 1.807) is 12.1 Å². The molecule has 4 rings (SSSR count). The molecule has 0 amide bonds. The van der Waals surface area contributed by atoms with Crippen LogP contribution >= 0.6 is 0 Å². The SMILES string of the molecule is CCCc1nc2ccccc2n1CCCN1CCN(c2ccc(F)cc2)CC1. The molecular weight excluding hydrogens is 351 g/mol. The number of hydrogen-bond donors (Lipinski definition) is 0. The number of rotatable bonds is 7. The van der Waals surface area contributed by atoms with E-state index in [-0.39, 0.29) is 5.82 Å². The van der Waals surface area contributed by atoms with E-state index in [0.29, 0.717) is 0 Å². The van der Waals surface area contributed by atoms with Crippen LogP contribution < -0.4 is 4.90 Å². The monoisotopic (exact) mass is 380 g/mol. The van der Waals surface area contributed by atoms with Crippen molar-refractivity contribution in [2.45, 2.75) is 32.7 Å². The molecule has 148 valence electrons. The number of nitrogens with zero attached hydrogens (tertiary/aromatic N) is 4. The largest absolute Gasteiger partial charge is 0.369 e. The first-order valence-corrected chi connectivity index (χ1v) is 10.4. The first-order valence-electron chi connectivity index (χ1n) is 10.4. The predicted octanol–water partition coefficient (Wildman–Crippen LogP) is 4.34. The fourth-order valence-electron chi connectivity index (χ4n) is 4.12. The van der Waals surface area contributed by atoms with Crippen LogP contribution in [-0.2, 0) is 13.0 Å². The average Bonchev–Trinajstić information content (AvgIpc) is 3.07. The third kappa shape index (κ3) is 4.20. The van der Waals surface area contributed by atoms with E-state index < -0.39 is 0 Å². The lowest BCUT2D eigenvalue weighted by Gasteiger charge is -2.36. The molecule has 1 aromatic heterocycles. The molecule has 0 unspecified atom stereocenters. The van der Waals surface area contributed by atoms with Gasteiger partial charge in [-0.3, -0.25) is 4.90 Å². The molecule has 1 aliphatic rings. The van der Waals surface area contributed by atoms with Gasteiger partial charge in [0.2, 0.25) is 0 Å². The first kappa shape index (κ1) is 18.9. The minimum atomic E-state index is -0.170. The van der Waals surface area contributed by atoms with Crippen LogP contribution in [0.1, 0.15) is 25.6 Å². The van der Waals surface area contributed by atoms with Crippen LogP contribution in [0.5, 0.6) is 0 Å². The maximum absolute atomic E-state index is 13.1. The van der Waals surface area contributed by atoms with Crippen molar-refractivity contribution in [3.63, 3.8) is 0 Å². The van der Waals surface area contributed by atoms with Gasteiger partial charge in [-0.2, -0.15) is 0 Å². The molecule has 0 atom stereocenters. The van der Waals surface area contributed by atoms with Crippen molar-refractivity contribution in [2.75, 3.05) is 37.6 Å². The topological polar surface area (TPSA) is 24.3 Å². The predicted molar refractivity (Wildman–Crippen MR) is 113 cm³/mol. The Kier molecular flexibility index (Phi) is 5.91. The second-order valence-electron chi connectivity index (χ2n) is 7.58. The fourth-order valence-corrected chi connectivity index (χ4v) is 4.12. The maximum Gasteiger partial charge on any atom is 0.123 e. The lowest BCUT2D eigenvalue weighted by molar-refractivity contribution is 0.250. The smallest absolute Gasteiger partial charge is 0.123 e. The molecule has 2 heterocycles. The standard InChI is InChI=1S/C23H29FN4/c1-2-6-23-25-21-7-3-4-8-22(21)28(23)14-5-13-26-15-17-27(18-16-26)20-11-9-19(24)10-12-20/h3-4,7-12H,2,5-6,13-18H2,1H3. The number of piperazine rings is 1. The number of fused-ring (bicyclic) bond motifs is 1. The molecule has 0 aliphatic carbocycles. The van der Waals surface area contributed by atoms with Crippen molar-refractivity contribution >= 4 is 16.7 Å². The molecule has 28 heavy (non-hydrogen) atoms. The van der Waals surface area contributed by atoms with Gasteiger partial charge in [-0.15, -0.1) is 0 Å². The highest BCUT2D eigenvalue weighted by Crippen LogP contribution is 2.19. The second-order valence-corrected chi connectivity index (χ2v) is 7.58. The number of hydrogen-bond acceptors (Lipinski definition) is 3. The number of aryl methyl sites for hydroxylation is 2. The fraction of sp³-hybridized carbons (Fsp3) is 0.435. The molecule has 0 N–H and O–H groups in total. The Morgan fingerprint density at radius 3 is 2.43 bits per heavy atom. The summed E-state index contributed by atoms with van der Waals surface area (Å²) < 4.78 is 15.5. The normalized spacial score (nSPS) is 15.4. The Labute approximate surface area is 166 Å². The van der Waals surface area contributed by atoms with E-state index in [4.69, 9.17) is 4.98 Å². The quantitative estimate of drug-likeness (QED) is 0.609. The lowest BCUT2D eigenvalue weighted by Crippen LogP contribution is -2.46. The third-order valence-corrected chi connectivity index (χ3v) is 5.63. The minimum absolute atomic E-state index is 0.170. The summed E-state index contributed by atoms with van der Waals surface area (Å²) in [5.41, 5.74) is 3.49. The summed E-state index contributed by atoms with van der Waals surface area (Å²) in [5.74, 6) is 1.04. The van der Waals surface area contributed by atoms with Crippen LogP contribution in [0.3, 0.4) is 0 Å². The molecule has 5 heteroatoms. The van der Waals surface area contributed by atoms with Gasteiger partial charge in [0.15, 0.2) is 0 Å². The second kappa shape index (κ2) is 8.74. The highest BCUT2D eigenvalue weighted by atomic mass is 19.1. The van der Waals surface area contributed by atoms with E-state index in [1.807, 2.05) is 12.1 Å². The summed E-state index contributed by atoms with van der Waals surface area (Å²) in [6, 6.07) is 15.3. The van der Waals surface area contributed by atoms with Crippen LogP contribution in [0.25, 0.3) is 11.0 Å². The van der Waals surface area contributed by atoms with Crippen LogP contribution in [0, 0.1) is 5.82 Å². The number of imidazole rings is 1. The van der Waals surface area contributed by atoms with Crippen molar-refractivity contribution < 1.29 is 4.39 Å². The zero-order valence-electron chi connectivity index (χ0n) is 16.6. The van der Waals surface area contributed by atoms with Crippen molar-refractivity contribution in [3.8, 4) is 0 Å². The summed E-state index contributed by atoms with van der Waals surface area (Å²) in [6.45, 7) is 8.46. The first-order chi connectivity index (χ1) is 13.7. The number of para-hydroxylation sites is 2. The van der Waals surface area contributed by atoms with Crippen LogP contribution in [0.15, 0.2) is 48.5 Å². The van der Waals surface area contributed by atoms with Crippen LogP contribution in [-0.4, -0.2) is 47.2 Å². The minimum Gasteiger partial charge on any atom is -0.369 e. The van der Waals surface area contributed by atoms with Gasteiger partial charge in [-0.25, -0.2) is 9.37 Å². The summed E-state index contributed by atoms with van der Waals surface area (Å²) in [5, 5.41) is 0. The third-order valence-electron chi connectivity index (χ3n) is 5.63. The van der Waals surface area contributed by atoms with Gasteiger partial charge >= 0.3 is 0 Å². The zero-order valence-corrected chi connectivity index (χ0v) is 16.6. The van der Waals surface area contributed by atoms with Gasteiger partial charge in [-0.05, 0) is 55.8 Å². The number of aromatic nitrogens is 2. The molecule has 0 bridgehead atoms. The van der Waals surface area contributed by atoms with Crippen molar-refractivity contribution in [2.24, 2.45) is 0 Å². The van der Waals surface area contributed by atoms with Gasteiger partial charge in [-0.1, -0.05) is 19.1 Å². The highest BCUT2D eigenvalue weighted by molar-refractivity contribution is 5.75. The van der Waals surface area contributed by atoms with Gasteiger partial charge in [0.05, 0.1) is 11.0 Å². The van der Waals surface area contributed by atoms with E-state index in [0.717, 1.165) is 69.7 Å². The maximum atomic E-state index is 13.1. The summed E-state index contributed by atoms with van der Waals surface area (Å²) in [6.07, 6.45) is 3.29. The Hall–Kier alpha value is -2.40. The Morgan fingerprint density at radius 1 is 0.929 bits per heavy atom. The summed E-state index contributed by atoms with van der Waals surface area (Å²) in [4.78, 5) is 9.72. The van der Waals surface area contributed by atoms with Gasteiger partial charge < -0.3 is 9.47 Å². The molecular formula is C23H29FN4. The number of anilines is 1. The molecule has 0 saturated carbocycles. The summed E-state index contributed by atoms with van der Waals surface area (Å²) >= 11 is 0. The lowest BCUT2D eigenvalue weighted by atomic mass is 10.2. The van der Waals surface area contributed by atoms with Crippen molar-refractivity contribution in [1.29, 1.82) is 0 Å². The van der Waals surface area contributed by atoms with Crippen molar-refractivity contribution in [3.05, 3.63) is 60.2 Å². The van der Waals surface area contributed by atoms with E-state index in [2.05, 4.69) is 45.6 Å². The summed E-state index contributed by atoms with van der Waals surface area (Å²) in [7, 11) is 0. The Bertz CT molecular complexity index is 895. The molecule has 3 aromatic rings. The molecule has 1 saturated heterocycles. The van der Waals surface area contributed by atoms with Gasteiger partial charge in [0, 0.05) is 44.8 Å². The number of benzene rings is 2. The average molecular weight is 381 g/mol. The molecule has 1 fully saturated rings. The van der Waals surface area contributed by atoms with Crippen LogP contribution in [0.4, 0.5) is 10.1 Å². The van der Waals surface area contributed by atoms with E-state index in [9.17, 15) is 4.39 Å². The molecule has 2 aromatic carbocycles. The van der Waals surface area contributed by atoms with Gasteiger partial charge in [0.1, 0.15) is 11.6 Å². The van der Waals surface area contributed by atoms with Gasteiger partial charge in [0.25, 0.3) is 0 Å². The Morgan fingerprint density at radius 2 is 1.68 bits per heavy atom. The van der Waals surface area contributed by atoms with E-state index in [1.165, 1.54) is 11.3 Å². The molecule has 0 spiro atoms. The molecule has 0 radical (unpaired) electrons. The zero-order chi connectivity index (χ0) is 19.3. The molecule has 1 aliphatic heterocycles. The Balaban J connectivity index is 1.31. The molecule has 4 nitrogen and oxygen atoms in total.